The number of hydrogen-bond donors (Lipinski definition) is 1. The van der Waals surface area contributed by atoms with Gasteiger partial charge in [0.2, 0.25) is 11.8 Å². The van der Waals surface area contributed by atoms with E-state index in [2.05, 4.69) is 10.2 Å². The zero-order chi connectivity index (χ0) is 22.4. The number of alkyl halides is 6. The molecule has 2 aromatic carbocycles. The van der Waals surface area contributed by atoms with E-state index in [1.54, 1.807) is 12.1 Å². The number of aryl methyl sites for hydroxylation is 1. The Bertz CT molecular complexity index is 1070. The third-order valence-electron chi connectivity index (χ3n) is 5.30. The van der Waals surface area contributed by atoms with Gasteiger partial charge in [-0.2, -0.15) is 26.3 Å². The molecule has 0 aliphatic heterocycles. The Kier molecular flexibility index (Phi) is 5.28. The quantitative estimate of drug-likeness (QED) is 0.542. The summed E-state index contributed by atoms with van der Waals surface area (Å²) in [5.74, 6) is -0.334. The zero-order valence-electron chi connectivity index (χ0n) is 15.9. The highest BCUT2D eigenvalue weighted by Crippen LogP contribution is 2.39. The number of nitrogens with zero attached hydrogens (tertiary/aromatic N) is 2. The van der Waals surface area contributed by atoms with Gasteiger partial charge in [-0.25, -0.2) is 0 Å². The van der Waals surface area contributed by atoms with Crippen LogP contribution in [0, 0.1) is 5.92 Å². The second-order valence-electron chi connectivity index (χ2n) is 7.48. The number of aliphatic hydroxyl groups is 1. The summed E-state index contributed by atoms with van der Waals surface area (Å²) >= 11 is 0. The first-order valence-electron chi connectivity index (χ1n) is 9.41. The average Bonchev–Trinajstić information content (AvgIpc) is 3.21. The van der Waals surface area contributed by atoms with Crippen LogP contribution in [0.5, 0.6) is 0 Å². The van der Waals surface area contributed by atoms with Crippen LogP contribution in [-0.2, 0) is 25.2 Å². The Morgan fingerprint density at radius 3 is 2.03 bits per heavy atom. The lowest BCUT2D eigenvalue weighted by Gasteiger charge is -2.23. The van der Waals surface area contributed by atoms with E-state index in [4.69, 9.17) is 4.42 Å². The van der Waals surface area contributed by atoms with Crippen molar-refractivity contribution in [3.05, 3.63) is 58.7 Å². The summed E-state index contributed by atoms with van der Waals surface area (Å²) in [5.41, 5.74) is -0.790. The molecule has 0 amide bonds. The van der Waals surface area contributed by atoms with Crippen LogP contribution in [0.1, 0.15) is 28.7 Å². The largest absolute Gasteiger partial charge is 0.416 e. The van der Waals surface area contributed by atoms with Crippen LogP contribution in [0.15, 0.2) is 40.8 Å². The topological polar surface area (TPSA) is 59.2 Å². The molecule has 0 fully saturated rings. The Balaban J connectivity index is 1.71. The fraction of sp³-hybridized carbons (Fsp3) is 0.333. The molecular formula is C21H16F6N2O2. The molecule has 4 nitrogen and oxygen atoms in total. The number of halogens is 6. The summed E-state index contributed by atoms with van der Waals surface area (Å²) in [7, 11) is 0. The van der Waals surface area contributed by atoms with Crippen LogP contribution in [0.2, 0.25) is 0 Å². The first kappa shape index (κ1) is 21.4. The highest BCUT2D eigenvalue weighted by Gasteiger charge is 2.37. The van der Waals surface area contributed by atoms with Crippen molar-refractivity contribution in [1.29, 1.82) is 0 Å². The Hall–Kier alpha value is -2.88. The van der Waals surface area contributed by atoms with Gasteiger partial charge in [0.1, 0.15) is 0 Å². The smallest absolute Gasteiger partial charge is 0.416 e. The Morgan fingerprint density at radius 1 is 0.839 bits per heavy atom. The molecule has 1 heterocycles. The van der Waals surface area contributed by atoms with E-state index in [0.717, 1.165) is 24.0 Å². The van der Waals surface area contributed by atoms with Crippen molar-refractivity contribution >= 4 is 0 Å². The summed E-state index contributed by atoms with van der Waals surface area (Å²) in [4.78, 5) is 0. The van der Waals surface area contributed by atoms with Crippen LogP contribution >= 0.6 is 0 Å². The summed E-state index contributed by atoms with van der Waals surface area (Å²) in [6.07, 6.45) is -7.62. The van der Waals surface area contributed by atoms with Gasteiger partial charge in [0.05, 0.1) is 11.1 Å². The molecule has 1 atom stereocenters. The van der Waals surface area contributed by atoms with Gasteiger partial charge in [-0.05, 0) is 66.6 Å². The van der Waals surface area contributed by atoms with Crippen LogP contribution in [0.3, 0.4) is 0 Å². The molecule has 164 valence electrons. The number of fused-ring (bicyclic) bond motifs is 1. The lowest BCUT2D eigenvalue weighted by molar-refractivity contribution is -0.143. The predicted octanol–water partition coefficient (Wildman–Crippen LogP) is 5.54. The third kappa shape index (κ3) is 4.43. The fourth-order valence-electron chi connectivity index (χ4n) is 3.66. The maximum Gasteiger partial charge on any atom is 0.416 e. The number of rotatable bonds is 3. The van der Waals surface area contributed by atoms with Crippen LogP contribution < -0.4 is 0 Å². The molecule has 1 aliphatic rings. The van der Waals surface area contributed by atoms with Crippen molar-refractivity contribution in [2.75, 3.05) is 6.61 Å². The van der Waals surface area contributed by atoms with Crippen molar-refractivity contribution < 1.29 is 35.9 Å². The lowest BCUT2D eigenvalue weighted by atomic mass is 9.83. The maximum atomic E-state index is 13.1. The minimum atomic E-state index is -4.97. The van der Waals surface area contributed by atoms with Crippen LogP contribution in [-0.4, -0.2) is 21.9 Å². The number of aromatic nitrogens is 2. The second-order valence-corrected chi connectivity index (χ2v) is 7.48. The molecular weight excluding hydrogens is 426 g/mol. The number of aliphatic hydroxyl groups excluding tert-OH is 1. The first-order valence-corrected chi connectivity index (χ1v) is 9.41. The van der Waals surface area contributed by atoms with Crippen LogP contribution in [0.4, 0.5) is 26.3 Å². The van der Waals surface area contributed by atoms with E-state index in [0.29, 0.717) is 24.1 Å². The van der Waals surface area contributed by atoms with Gasteiger partial charge in [0.15, 0.2) is 0 Å². The standard InChI is InChI=1S/C21H16F6N2O2/c22-20(23,24)16-7-15(8-17(9-16)21(25,26)27)19-29-28-18(31-19)13-4-3-12-2-1-11(10-30)5-14(12)6-13/h3-4,6-9,11,30H,1-2,5,10H2. The highest BCUT2D eigenvalue weighted by molar-refractivity contribution is 5.61. The second kappa shape index (κ2) is 7.67. The van der Waals surface area contributed by atoms with Gasteiger partial charge in [0, 0.05) is 17.7 Å². The van der Waals surface area contributed by atoms with E-state index < -0.39 is 34.9 Å². The van der Waals surface area contributed by atoms with E-state index in [-0.39, 0.29) is 24.5 Å². The molecule has 4 rings (SSSR count). The van der Waals surface area contributed by atoms with Gasteiger partial charge in [-0.3, -0.25) is 0 Å². The van der Waals surface area contributed by atoms with Crippen molar-refractivity contribution in [3.63, 3.8) is 0 Å². The predicted molar refractivity (Wildman–Crippen MR) is 97.8 cm³/mol. The van der Waals surface area contributed by atoms with E-state index >= 15 is 0 Å². The van der Waals surface area contributed by atoms with E-state index in [1.807, 2.05) is 6.07 Å². The van der Waals surface area contributed by atoms with Gasteiger partial charge in [-0.15, -0.1) is 10.2 Å². The molecule has 0 radical (unpaired) electrons. The van der Waals surface area contributed by atoms with E-state index in [9.17, 15) is 31.4 Å². The third-order valence-corrected chi connectivity index (χ3v) is 5.30. The first-order chi connectivity index (χ1) is 14.5. The fourth-order valence-corrected chi connectivity index (χ4v) is 3.66. The molecule has 1 aliphatic carbocycles. The van der Waals surface area contributed by atoms with Gasteiger partial charge in [-0.1, -0.05) is 6.07 Å². The summed E-state index contributed by atoms with van der Waals surface area (Å²) in [6.45, 7) is 0.0610. The molecule has 31 heavy (non-hydrogen) atoms. The number of hydrogen-bond acceptors (Lipinski definition) is 4. The lowest BCUT2D eigenvalue weighted by Crippen LogP contribution is -2.17. The summed E-state index contributed by atoms with van der Waals surface area (Å²) < 4.78 is 84.0. The van der Waals surface area contributed by atoms with Crippen molar-refractivity contribution in [1.82, 2.24) is 10.2 Å². The highest BCUT2D eigenvalue weighted by atomic mass is 19.4. The van der Waals surface area contributed by atoms with Crippen molar-refractivity contribution in [2.45, 2.75) is 31.6 Å². The SMILES string of the molecule is OCC1CCc2ccc(-c3nnc(-c4cc(C(F)(F)F)cc(C(F)(F)F)c4)o3)cc2C1. The Morgan fingerprint density at radius 2 is 1.45 bits per heavy atom. The molecule has 0 saturated carbocycles. The monoisotopic (exact) mass is 442 g/mol. The Labute approximate surface area is 172 Å². The zero-order valence-corrected chi connectivity index (χ0v) is 15.9. The number of benzene rings is 2. The molecule has 10 heteroatoms. The minimum Gasteiger partial charge on any atom is -0.416 e. The average molecular weight is 442 g/mol. The summed E-state index contributed by atoms with van der Waals surface area (Å²) in [5, 5.41) is 16.9. The normalized spacial score (nSPS) is 16.9. The molecule has 1 unspecified atom stereocenters. The molecule has 0 bridgehead atoms. The minimum absolute atomic E-state index is 0.0186. The maximum absolute atomic E-state index is 13.1. The molecule has 1 N–H and O–H groups in total. The van der Waals surface area contributed by atoms with E-state index in [1.165, 1.54) is 0 Å². The summed E-state index contributed by atoms with van der Waals surface area (Å²) in [6, 6.07) is 6.51. The van der Waals surface area contributed by atoms with Gasteiger partial charge < -0.3 is 9.52 Å². The van der Waals surface area contributed by atoms with Crippen molar-refractivity contribution in [2.24, 2.45) is 5.92 Å². The molecule has 0 spiro atoms. The molecule has 1 aromatic heterocycles. The van der Waals surface area contributed by atoms with Crippen molar-refractivity contribution in [3.8, 4) is 22.9 Å². The molecule has 3 aromatic rings. The van der Waals surface area contributed by atoms with Crippen LogP contribution in [0.25, 0.3) is 22.9 Å². The van der Waals surface area contributed by atoms with Gasteiger partial charge in [0.25, 0.3) is 0 Å². The molecule has 0 saturated heterocycles. The van der Waals surface area contributed by atoms with Gasteiger partial charge >= 0.3 is 12.4 Å².